The maximum absolute atomic E-state index is 3.47. The van der Waals surface area contributed by atoms with Crippen molar-refractivity contribution < 1.29 is 10.3 Å². The van der Waals surface area contributed by atoms with E-state index in [1.807, 2.05) is 11.3 Å². The van der Waals surface area contributed by atoms with Crippen molar-refractivity contribution in [3.63, 3.8) is 0 Å². The van der Waals surface area contributed by atoms with Crippen molar-refractivity contribution in [3.8, 4) is 0 Å². The van der Waals surface area contributed by atoms with Crippen LogP contribution in [0.4, 0.5) is 0 Å². The highest BCUT2D eigenvalue weighted by Gasteiger charge is 2.34. The molecule has 0 fully saturated rings. The Hall–Kier alpha value is -1.19. The van der Waals surface area contributed by atoms with E-state index in [2.05, 4.69) is 58.3 Å². The Morgan fingerprint density at radius 1 is 1.27 bits per heavy atom. The second-order valence-corrected chi connectivity index (χ2v) is 4.92. The molecule has 0 amide bonds. The maximum Gasteiger partial charge on any atom is 0.224 e. The van der Waals surface area contributed by atoms with Crippen LogP contribution in [0.25, 0.3) is 0 Å². The van der Waals surface area contributed by atoms with Crippen LogP contribution < -0.4 is 10.3 Å². The number of quaternary nitrogens is 1. The van der Waals surface area contributed by atoms with E-state index in [4.69, 9.17) is 0 Å². The van der Waals surface area contributed by atoms with Crippen LogP contribution in [-0.4, -0.2) is 18.3 Å². The van der Waals surface area contributed by atoms with E-state index in [-0.39, 0.29) is 0 Å². The van der Waals surface area contributed by atoms with Gasteiger partial charge in [-0.1, -0.05) is 18.2 Å². The van der Waals surface area contributed by atoms with Crippen LogP contribution in [-0.2, 0) is 0 Å². The summed E-state index contributed by atoms with van der Waals surface area (Å²) in [6, 6.07) is 5.78. The van der Waals surface area contributed by atoms with Crippen molar-refractivity contribution in [3.05, 3.63) is 46.7 Å². The molecule has 0 aromatic carbocycles. The van der Waals surface area contributed by atoms with Crippen molar-refractivity contribution >= 4 is 17.6 Å². The minimum Gasteiger partial charge on any atom is -0.320 e. The molecule has 2 aliphatic rings. The van der Waals surface area contributed by atoms with E-state index >= 15 is 0 Å². The molecule has 3 N–H and O–H groups in total. The zero-order valence-corrected chi connectivity index (χ0v) is 9.15. The van der Waals surface area contributed by atoms with Gasteiger partial charge in [0, 0.05) is 0 Å². The highest BCUT2D eigenvalue weighted by Crippen LogP contribution is 2.14. The SMILES string of the molecule is C1=C[C@@H]2[NH+]=C[C@H](c3cccs3)[NH2+][C@H]2C=C1. The molecule has 3 heteroatoms. The van der Waals surface area contributed by atoms with Crippen molar-refractivity contribution in [1.29, 1.82) is 0 Å². The molecule has 1 aliphatic carbocycles. The predicted octanol–water partition coefficient (Wildman–Crippen LogP) is -0.619. The Morgan fingerprint density at radius 2 is 2.20 bits per heavy atom. The molecular weight excluding hydrogens is 204 g/mol. The average Bonchev–Trinajstić information content (AvgIpc) is 2.82. The lowest BCUT2D eigenvalue weighted by atomic mass is 10.00. The van der Waals surface area contributed by atoms with Gasteiger partial charge in [0.1, 0.15) is 0 Å². The summed E-state index contributed by atoms with van der Waals surface area (Å²) in [5, 5.41) is 4.56. The number of thiophene rings is 1. The topological polar surface area (TPSA) is 30.6 Å². The molecule has 76 valence electrons. The summed E-state index contributed by atoms with van der Waals surface area (Å²) in [7, 11) is 0. The highest BCUT2D eigenvalue weighted by atomic mass is 32.1. The second kappa shape index (κ2) is 3.76. The number of nitrogens with two attached hydrogens (primary N) is 1. The Bertz CT molecular complexity index is 417. The molecule has 1 aliphatic heterocycles. The van der Waals surface area contributed by atoms with Crippen LogP contribution >= 0.6 is 11.3 Å². The Morgan fingerprint density at radius 3 is 3.07 bits per heavy atom. The number of fused-ring (bicyclic) bond motifs is 1. The molecule has 3 atom stereocenters. The van der Waals surface area contributed by atoms with Gasteiger partial charge in [-0.15, -0.1) is 11.3 Å². The lowest BCUT2D eigenvalue weighted by Gasteiger charge is -2.22. The normalized spacial score (nSPS) is 32.9. The van der Waals surface area contributed by atoms with Crippen molar-refractivity contribution in [2.24, 2.45) is 0 Å². The van der Waals surface area contributed by atoms with Crippen LogP contribution in [0.1, 0.15) is 10.9 Å². The average molecular weight is 218 g/mol. The molecule has 1 aromatic heterocycles. The first-order chi connectivity index (χ1) is 7.43. The summed E-state index contributed by atoms with van der Waals surface area (Å²) in [4.78, 5) is 4.89. The van der Waals surface area contributed by atoms with E-state index in [0.29, 0.717) is 18.1 Å². The lowest BCUT2D eigenvalue weighted by Crippen LogP contribution is -3.04. The van der Waals surface area contributed by atoms with Crippen molar-refractivity contribution in [2.45, 2.75) is 18.1 Å². The van der Waals surface area contributed by atoms with Gasteiger partial charge in [-0.3, -0.25) is 0 Å². The quantitative estimate of drug-likeness (QED) is 0.629. The van der Waals surface area contributed by atoms with E-state index in [0.717, 1.165) is 0 Å². The van der Waals surface area contributed by atoms with Crippen LogP contribution in [0.5, 0.6) is 0 Å². The van der Waals surface area contributed by atoms with Crippen molar-refractivity contribution in [2.75, 3.05) is 0 Å². The molecule has 0 unspecified atom stereocenters. The summed E-state index contributed by atoms with van der Waals surface area (Å²) in [6.07, 6.45) is 10.9. The summed E-state index contributed by atoms with van der Waals surface area (Å²) < 4.78 is 0. The molecular formula is C12H14N2S+2. The summed E-state index contributed by atoms with van der Waals surface area (Å²) >= 11 is 1.82. The fourth-order valence-corrected chi connectivity index (χ4v) is 2.92. The van der Waals surface area contributed by atoms with Crippen LogP contribution in [0.15, 0.2) is 41.8 Å². The minimum absolute atomic E-state index is 0.461. The van der Waals surface area contributed by atoms with E-state index in [1.165, 1.54) is 4.88 Å². The Balaban J connectivity index is 1.85. The first-order valence-corrected chi connectivity index (χ1v) is 6.14. The highest BCUT2D eigenvalue weighted by molar-refractivity contribution is 7.10. The molecule has 3 rings (SSSR count). The van der Waals surface area contributed by atoms with Gasteiger partial charge in [0.2, 0.25) is 12.3 Å². The maximum atomic E-state index is 3.47. The van der Waals surface area contributed by atoms with Gasteiger partial charge in [-0.25, -0.2) is 4.99 Å². The van der Waals surface area contributed by atoms with E-state index in [9.17, 15) is 0 Å². The van der Waals surface area contributed by atoms with E-state index < -0.39 is 0 Å². The third kappa shape index (κ3) is 1.68. The molecule has 0 radical (unpaired) electrons. The largest absolute Gasteiger partial charge is 0.320 e. The fourth-order valence-electron chi connectivity index (χ4n) is 2.14. The van der Waals surface area contributed by atoms with Gasteiger partial charge in [-0.2, -0.15) is 0 Å². The van der Waals surface area contributed by atoms with Gasteiger partial charge in [0.25, 0.3) is 0 Å². The smallest absolute Gasteiger partial charge is 0.224 e. The molecule has 15 heavy (non-hydrogen) atoms. The molecule has 2 nitrogen and oxygen atoms in total. The van der Waals surface area contributed by atoms with E-state index in [1.54, 1.807) is 0 Å². The summed E-state index contributed by atoms with van der Waals surface area (Å²) in [5.41, 5.74) is 0. The van der Waals surface area contributed by atoms with Crippen LogP contribution in [0.3, 0.4) is 0 Å². The standard InChI is InChI=1S/C12H12N2S/c1-2-5-10-9(4-1)13-8-11(14-10)12-6-3-7-15-12/h1-11,14H/p+2/t9-,10-,11+/m0/s1. The molecule has 0 spiro atoms. The lowest BCUT2D eigenvalue weighted by molar-refractivity contribution is -0.752. The first kappa shape index (κ1) is 9.07. The van der Waals surface area contributed by atoms with Crippen molar-refractivity contribution in [1.82, 2.24) is 0 Å². The second-order valence-electron chi connectivity index (χ2n) is 3.94. The zero-order chi connectivity index (χ0) is 10.1. The molecule has 0 saturated heterocycles. The zero-order valence-electron chi connectivity index (χ0n) is 8.34. The number of allylic oxidation sites excluding steroid dienone is 2. The van der Waals surface area contributed by atoms with Crippen LogP contribution in [0, 0.1) is 0 Å². The fraction of sp³-hybridized carbons (Fsp3) is 0.250. The minimum atomic E-state index is 0.461. The van der Waals surface area contributed by atoms with Gasteiger partial charge < -0.3 is 5.32 Å². The Kier molecular flexibility index (Phi) is 2.27. The third-order valence-corrected chi connectivity index (χ3v) is 3.92. The third-order valence-electron chi connectivity index (χ3n) is 2.95. The monoisotopic (exact) mass is 218 g/mol. The number of rotatable bonds is 1. The van der Waals surface area contributed by atoms with Gasteiger partial charge in [0.15, 0.2) is 12.1 Å². The molecule has 0 bridgehead atoms. The Labute approximate surface area is 93.0 Å². The van der Waals surface area contributed by atoms with Gasteiger partial charge in [0.05, 0.1) is 4.88 Å². The van der Waals surface area contributed by atoms with Gasteiger partial charge in [-0.05, 0) is 23.6 Å². The predicted molar refractivity (Wildman–Crippen MR) is 61.9 cm³/mol. The van der Waals surface area contributed by atoms with Crippen LogP contribution in [0.2, 0.25) is 0 Å². The number of hydrogen-bond donors (Lipinski definition) is 2. The number of nitrogens with one attached hydrogen (secondary N) is 1. The summed E-state index contributed by atoms with van der Waals surface area (Å²) in [6.45, 7) is 0. The summed E-state index contributed by atoms with van der Waals surface area (Å²) in [5.74, 6) is 0. The van der Waals surface area contributed by atoms with Gasteiger partial charge >= 0.3 is 0 Å². The first-order valence-electron chi connectivity index (χ1n) is 5.26. The molecule has 0 saturated carbocycles. The molecule has 2 heterocycles. The number of hydrogen-bond acceptors (Lipinski definition) is 1. The molecule has 1 aromatic rings.